The number of ether oxygens (including phenoxy) is 1. The molecule has 1 aromatic heterocycles. The number of carbonyl (C=O) groups excluding carboxylic acids is 1. The summed E-state index contributed by atoms with van der Waals surface area (Å²) >= 11 is 0. The number of aromatic nitrogens is 2. The molecule has 0 saturated heterocycles. The molecule has 1 unspecified atom stereocenters. The van der Waals surface area contributed by atoms with E-state index in [1.54, 1.807) is 26.0 Å². The zero-order chi connectivity index (χ0) is 25.0. The first-order valence-corrected chi connectivity index (χ1v) is 10.6. The Morgan fingerprint density at radius 1 is 1.12 bits per heavy atom. The summed E-state index contributed by atoms with van der Waals surface area (Å²) in [4.78, 5) is 25.7. The fourth-order valence-corrected chi connectivity index (χ4v) is 3.78. The van der Waals surface area contributed by atoms with Crippen LogP contribution >= 0.6 is 0 Å². The molecule has 0 radical (unpaired) electrons. The molecule has 0 aliphatic heterocycles. The van der Waals surface area contributed by atoms with E-state index in [1.807, 2.05) is 13.0 Å². The van der Waals surface area contributed by atoms with Crippen molar-refractivity contribution in [1.82, 2.24) is 15.4 Å². The van der Waals surface area contributed by atoms with Gasteiger partial charge >= 0.3 is 6.18 Å². The predicted octanol–water partition coefficient (Wildman–Crippen LogP) is 5.31. The molecule has 0 aliphatic rings. The normalized spacial score (nSPS) is 13.4. The van der Waals surface area contributed by atoms with Gasteiger partial charge in [-0.1, -0.05) is 19.1 Å². The van der Waals surface area contributed by atoms with Crippen molar-refractivity contribution in [1.29, 1.82) is 0 Å². The molecule has 0 fully saturated rings. The van der Waals surface area contributed by atoms with Gasteiger partial charge in [-0.2, -0.15) is 13.2 Å². The number of carbonyl (C=O) groups is 1. The second kappa shape index (κ2) is 10.3. The molecule has 0 spiro atoms. The molecule has 0 saturated carbocycles. The molecular weight excluding hydrogens is 449 g/mol. The zero-order valence-corrected chi connectivity index (χ0v) is 19.6. The van der Waals surface area contributed by atoms with Gasteiger partial charge in [-0.3, -0.25) is 9.63 Å². The molecule has 2 aromatic carbocycles. The Hall–Kier alpha value is -3.40. The Bertz CT molecular complexity index is 1180. The third-order valence-electron chi connectivity index (χ3n) is 5.46. The maximum Gasteiger partial charge on any atom is 0.416 e. The first-order chi connectivity index (χ1) is 16.0. The Morgan fingerprint density at radius 3 is 2.50 bits per heavy atom. The molecule has 3 rings (SSSR count). The Balaban J connectivity index is 2.01. The topological polar surface area (TPSA) is 85.4 Å². The summed E-state index contributed by atoms with van der Waals surface area (Å²) in [5, 5.41) is 3.89. The first kappa shape index (κ1) is 25.2. The number of benzene rings is 2. The molecular formula is C24H27F3N4O3. The van der Waals surface area contributed by atoms with Crippen LogP contribution < -0.4 is 15.5 Å². The van der Waals surface area contributed by atoms with Crippen molar-refractivity contribution in [2.75, 3.05) is 19.5 Å². The highest BCUT2D eigenvalue weighted by Gasteiger charge is 2.30. The van der Waals surface area contributed by atoms with Crippen molar-refractivity contribution in [3.63, 3.8) is 0 Å². The van der Waals surface area contributed by atoms with Crippen molar-refractivity contribution in [2.45, 2.75) is 45.3 Å². The van der Waals surface area contributed by atoms with Gasteiger partial charge in [0.05, 0.1) is 25.3 Å². The summed E-state index contributed by atoms with van der Waals surface area (Å²) < 4.78 is 45.0. The van der Waals surface area contributed by atoms with Crippen LogP contribution in [-0.2, 0) is 15.8 Å². The number of hydroxylamine groups is 1. The third-order valence-corrected chi connectivity index (χ3v) is 5.46. The fourth-order valence-electron chi connectivity index (χ4n) is 3.78. The van der Waals surface area contributed by atoms with Gasteiger partial charge in [0.2, 0.25) is 5.91 Å². The van der Waals surface area contributed by atoms with E-state index in [4.69, 9.17) is 4.74 Å². The minimum Gasteiger partial charge on any atom is -0.496 e. The van der Waals surface area contributed by atoms with E-state index in [1.165, 1.54) is 20.3 Å². The largest absolute Gasteiger partial charge is 0.496 e. The lowest BCUT2D eigenvalue weighted by Crippen LogP contribution is -2.23. The predicted molar refractivity (Wildman–Crippen MR) is 122 cm³/mol. The van der Waals surface area contributed by atoms with Gasteiger partial charge in [0, 0.05) is 23.9 Å². The number of methoxy groups -OCH3 is 1. The van der Waals surface area contributed by atoms with Crippen molar-refractivity contribution in [2.24, 2.45) is 0 Å². The lowest BCUT2D eigenvalue weighted by Gasteiger charge is -2.20. The Labute approximate surface area is 195 Å². The summed E-state index contributed by atoms with van der Waals surface area (Å²) in [5.74, 6) is 1.04. The molecule has 2 atom stereocenters. The standard InChI is InChI=1S/C24H27F3N4O3/c1-13(9-22(32)31-34-5)18-11-19-20(12-21(18)33-4)29-15(3)30-23(19)28-14(2)16-7-6-8-17(10-16)24(25,26)27/h6-8,10-14H,9H2,1-5H3,(H,31,32)(H,28,29,30)/t13?,14-/m1/s1. The van der Waals surface area contributed by atoms with Crippen molar-refractivity contribution in [3.8, 4) is 5.75 Å². The molecule has 182 valence electrons. The number of amides is 1. The van der Waals surface area contributed by atoms with E-state index in [9.17, 15) is 18.0 Å². The number of halogens is 3. The number of anilines is 1. The highest BCUT2D eigenvalue weighted by atomic mass is 19.4. The lowest BCUT2D eigenvalue weighted by molar-refractivity contribution is -0.137. The maximum absolute atomic E-state index is 13.2. The Morgan fingerprint density at radius 2 is 1.85 bits per heavy atom. The van der Waals surface area contributed by atoms with Crippen LogP contribution in [0.15, 0.2) is 36.4 Å². The highest BCUT2D eigenvalue weighted by Crippen LogP contribution is 2.36. The lowest BCUT2D eigenvalue weighted by atomic mass is 9.94. The molecule has 10 heteroatoms. The molecule has 34 heavy (non-hydrogen) atoms. The summed E-state index contributed by atoms with van der Waals surface area (Å²) in [6.45, 7) is 5.38. The molecule has 0 aliphatic carbocycles. The number of alkyl halides is 3. The van der Waals surface area contributed by atoms with Gasteiger partial charge in [0.1, 0.15) is 17.4 Å². The average molecular weight is 476 g/mol. The zero-order valence-electron chi connectivity index (χ0n) is 19.6. The molecule has 7 nitrogen and oxygen atoms in total. The molecule has 0 bridgehead atoms. The van der Waals surface area contributed by atoms with Crippen molar-refractivity contribution in [3.05, 3.63) is 58.9 Å². The number of rotatable bonds is 8. The van der Waals surface area contributed by atoms with Crippen molar-refractivity contribution < 1.29 is 27.5 Å². The van der Waals surface area contributed by atoms with Crippen LogP contribution in [0.25, 0.3) is 10.9 Å². The van der Waals surface area contributed by atoms with Crippen LogP contribution in [0, 0.1) is 6.92 Å². The summed E-state index contributed by atoms with van der Waals surface area (Å²) in [6, 6.07) is 8.34. The van der Waals surface area contributed by atoms with E-state index in [2.05, 4.69) is 25.6 Å². The SMILES string of the molecule is CONC(=O)CC(C)c1cc2c(N[C@H](C)c3cccc(C(F)(F)F)c3)nc(C)nc2cc1OC. The third kappa shape index (κ3) is 5.74. The number of fused-ring (bicyclic) bond motifs is 1. The maximum atomic E-state index is 13.2. The number of nitrogens with one attached hydrogen (secondary N) is 2. The first-order valence-electron chi connectivity index (χ1n) is 10.6. The van der Waals surface area contributed by atoms with Gasteiger partial charge in [-0.25, -0.2) is 15.4 Å². The van der Waals surface area contributed by atoms with Gasteiger partial charge in [-0.15, -0.1) is 0 Å². The number of hydrogen-bond acceptors (Lipinski definition) is 6. The van der Waals surface area contributed by atoms with Gasteiger partial charge < -0.3 is 10.1 Å². The Kier molecular flexibility index (Phi) is 7.61. The highest BCUT2D eigenvalue weighted by molar-refractivity contribution is 5.91. The second-order valence-corrected chi connectivity index (χ2v) is 8.05. The number of nitrogens with zero attached hydrogens (tertiary/aromatic N) is 2. The molecule has 1 heterocycles. The van der Waals surface area contributed by atoms with Crippen LogP contribution in [0.1, 0.15) is 54.7 Å². The quantitative estimate of drug-likeness (QED) is 0.429. The van der Waals surface area contributed by atoms with Gasteiger partial charge in [0.15, 0.2) is 0 Å². The van der Waals surface area contributed by atoms with E-state index < -0.39 is 17.8 Å². The molecule has 3 aromatic rings. The molecule has 1 amide bonds. The van der Waals surface area contributed by atoms with Crippen LogP contribution in [0.3, 0.4) is 0 Å². The summed E-state index contributed by atoms with van der Waals surface area (Å²) in [7, 11) is 2.90. The van der Waals surface area contributed by atoms with Gasteiger partial charge in [0.25, 0.3) is 0 Å². The monoisotopic (exact) mass is 476 g/mol. The van der Waals surface area contributed by atoms with E-state index in [-0.39, 0.29) is 18.2 Å². The molecule has 2 N–H and O–H groups in total. The summed E-state index contributed by atoms with van der Waals surface area (Å²) in [6.07, 6.45) is -4.27. The smallest absolute Gasteiger partial charge is 0.416 e. The van der Waals surface area contributed by atoms with Crippen LogP contribution in [0.5, 0.6) is 5.75 Å². The van der Waals surface area contributed by atoms with Crippen molar-refractivity contribution >= 4 is 22.6 Å². The fraction of sp³-hybridized carbons (Fsp3) is 0.375. The summed E-state index contributed by atoms with van der Waals surface area (Å²) in [5.41, 5.74) is 3.44. The number of aryl methyl sites for hydroxylation is 1. The minimum atomic E-state index is -4.43. The van der Waals surface area contributed by atoms with E-state index >= 15 is 0 Å². The minimum absolute atomic E-state index is 0.159. The van der Waals surface area contributed by atoms with Crippen LogP contribution in [0.4, 0.5) is 19.0 Å². The van der Waals surface area contributed by atoms with E-state index in [0.717, 1.165) is 17.7 Å². The van der Waals surface area contributed by atoms with Crippen LogP contribution in [-0.4, -0.2) is 30.1 Å². The van der Waals surface area contributed by atoms with Gasteiger partial charge in [-0.05, 0) is 49.1 Å². The van der Waals surface area contributed by atoms with E-state index in [0.29, 0.717) is 33.9 Å². The van der Waals surface area contributed by atoms with Crippen LogP contribution in [0.2, 0.25) is 0 Å². The second-order valence-electron chi connectivity index (χ2n) is 8.05. The number of hydrogen-bond donors (Lipinski definition) is 2. The average Bonchev–Trinajstić information content (AvgIpc) is 2.77.